The van der Waals surface area contributed by atoms with E-state index in [1.165, 1.54) is 12.8 Å². The zero-order valence-corrected chi connectivity index (χ0v) is 14.0. The first-order valence-corrected chi connectivity index (χ1v) is 8.41. The molecule has 2 bridgehead atoms. The summed E-state index contributed by atoms with van der Waals surface area (Å²) in [4.78, 5) is 14.5. The lowest BCUT2D eigenvalue weighted by Gasteiger charge is -2.35. The highest BCUT2D eigenvalue weighted by Crippen LogP contribution is 2.29. The maximum Gasteiger partial charge on any atom is 0.238 e. The van der Waals surface area contributed by atoms with Crippen molar-refractivity contribution in [2.75, 3.05) is 18.9 Å². The van der Waals surface area contributed by atoms with Crippen LogP contribution in [0.2, 0.25) is 5.02 Å². The number of likely N-dealkylation sites (N-methyl/N-ethyl adjacent to an activating group) is 1. The molecule has 5 heteroatoms. The molecule has 2 aliphatic heterocycles. The summed E-state index contributed by atoms with van der Waals surface area (Å²) in [5.74, 6) is 0.0266. The van der Waals surface area contributed by atoms with Crippen LogP contribution < -0.4 is 10.6 Å². The van der Waals surface area contributed by atoms with Gasteiger partial charge in [-0.3, -0.25) is 9.69 Å². The van der Waals surface area contributed by atoms with Gasteiger partial charge in [0.2, 0.25) is 5.91 Å². The number of amides is 1. The first-order valence-electron chi connectivity index (χ1n) is 8.03. The third-order valence-corrected chi connectivity index (χ3v) is 5.17. The maximum atomic E-state index is 12.3. The van der Waals surface area contributed by atoms with Gasteiger partial charge in [0.25, 0.3) is 0 Å². The predicted octanol–water partition coefficient (Wildman–Crippen LogP) is 2.80. The smallest absolute Gasteiger partial charge is 0.238 e. The molecule has 2 heterocycles. The molecule has 1 aromatic rings. The van der Waals surface area contributed by atoms with E-state index in [1.807, 2.05) is 19.1 Å². The Morgan fingerprint density at radius 2 is 2.05 bits per heavy atom. The Kier molecular flexibility index (Phi) is 4.71. The largest absolute Gasteiger partial charge is 0.325 e. The number of nitrogens with zero attached hydrogens (tertiary/aromatic N) is 1. The van der Waals surface area contributed by atoms with E-state index in [-0.39, 0.29) is 5.91 Å². The lowest BCUT2D eigenvalue weighted by atomic mass is 9.98. The summed E-state index contributed by atoms with van der Waals surface area (Å²) in [5.41, 5.74) is 1.83. The molecule has 3 rings (SSSR count). The summed E-state index contributed by atoms with van der Waals surface area (Å²) in [6.07, 6.45) is 4.86. The Morgan fingerprint density at radius 3 is 2.73 bits per heavy atom. The number of halogens is 1. The Balaban J connectivity index is 1.56. The van der Waals surface area contributed by atoms with Crippen LogP contribution in [-0.2, 0) is 4.79 Å². The van der Waals surface area contributed by atoms with E-state index in [2.05, 4.69) is 22.6 Å². The Bertz CT molecular complexity index is 551. The van der Waals surface area contributed by atoms with Gasteiger partial charge in [0.05, 0.1) is 6.54 Å². The zero-order valence-electron chi connectivity index (χ0n) is 13.2. The molecule has 120 valence electrons. The topological polar surface area (TPSA) is 44.4 Å². The van der Waals surface area contributed by atoms with Crippen molar-refractivity contribution in [3.8, 4) is 0 Å². The number of hydrogen-bond acceptors (Lipinski definition) is 3. The van der Waals surface area contributed by atoms with Crippen molar-refractivity contribution >= 4 is 23.2 Å². The summed E-state index contributed by atoms with van der Waals surface area (Å²) in [6, 6.07) is 7.36. The van der Waals surface area contributed by atoms with Gasteiger partial charge in [-0.1, -0.05) is 17.7 Å². The molecule has 2 aliphatic rings. The highest BCUT2D eigenvalue weighted by Gasteiger charge is 2.35. The SMILES string of the molecule is Cc1ccc(Cl)cc1NC(=O)CN(C)C1CC2CCC(C1)N2. The fourth-order valence-corrected chi connectivity index (χ4v) is 3.83. The van der Waals surface area contributed by atoms with Crippen LogP contribution in [0.3, 0.4) is 0 Å². The van der Waals surface area contributed by atoms with Crippen LogP contribution in [0.15, 0.2) is 18.2 Å². The summed E-state index contributed by atoms with van der Waals surface area (Å²) >= 11 is 6.00. The Hall–Kier alpha value is -1.10. The normalized spacial score (nSPS) is 27.2. The first-order chi connectivity index (χ1) is 10.5. The van der Waals surface area contributed by atoms with E-state index in [0.717, 1.165) is 24.1 Å². The molecule has 2 unspecified atom stereocenters. The Morgan fingerprint density at radius 1 is 1.36 bits per heavy atom. The van der Waals surface area contributed by atoms with Crippen molar-refractivity contribution in [3.63, 3.8) is 0 Å². The summed E-state index contributed by atoms with van der Waals surface area (Å²) in [5, 5.41) is 7.26. The van der Waals surface area contributed by atoms with Gasteiger partial charge in [-0.15, -0.1) is 0 Å². The van der Waals surface area contributed by atoms with Crippen molar-refractivity contribution < 1.29 is 4.79 Å². The zero-order chi connectivity index (χ0) is 15.7. The molecule has 0 radical (unpaired) electrons. The number of fused-ring (bicyclic) bond motifs is 2. The molecule has 2 saturated heterocycles. The van der Waals surface area contributed by atoms with Crippen LogP contribution in [-0.4, -0.2) is 42.5 Å². The second-order valence-electron chi connectivity index (χ2n) is 6.69. The van der Waals surface area contributed by atoms with Crippen LogP contribution in [0.5, 0.6) is 0 Å². The van der Waals surface area contributed by atoms with Crippen molar-refractivity contribution in [1.29, 1.82) is 0 Å². The molecule has 0 saturated carbocycles. The minimum absolute atomic E-state index is 0.0266. The second kappa shape index (κ2) is 6.57. The molecule has 2 atom stereocenters. The van der Waals surface area contributed by atoms with Crippen molar-refractivity contribution in [3.05, 3.63) is 28.8 Å². The van der Waals surface area contributed by atoms with Crippen molar-refractivity contribution in [2.45, 2.75) is 50.7 Å². The van der Waals surface area contributed by atoms with Gasteiger partial charge in [0.1, 0.15) is 0 Å². The number of carbonyl (C=O) groups is 1. The molecular formula is C17H24ClN3O. The number of carbonyl (C=O) groups excluding carboxylic acids is 1. The van der Waals surface area contributed by atoms with Crippen LogP contribution in [0.1, 0.15) is 31.2 Å². The molecule has 22 heavy (non-hydrogen) atoms. The first kappa shape index (κ1) is 15.8. The Labute approximate surface area is 137 Å². The van der Waals surface area contributed by atoms with Crippen LogP contribution in [0.25, 0.3) is 0 Å². The van der Waals surface area contributed by atoms with Gasteiger partial charge in [-0.25, -0.2) is 0 Å². The van der Waals surface area contributed by atoms with Crippen LogP contribution in [0, 0.1) is 6.92 Å². The van der Waals surface area contributed by atoms with Gasteiger partial charge < -0.3 is 10.6 Å². The summed E-state index contributed by atoms with van der Waals surface area (Å²) in [7, 11) is 2.06. The van der Waals surface area contributed by atoms with Crippen LogP contribution >= 0.6 is 11.6 Å². The molecule has 0 aromatic heterocycles. The fraction of sp³-hybridized carbons (Fsp3) is 0.588. The van der Waals surface area contributed by atoms with Gasteiger partial charge in [-0.05, 0) is 57.4 Å². The summed E-state index contributed by atoms with van der Waals surface area (Å²) < 4.78 is 0. The van der Waals surface area contributed by atoms with Gasteiger partial charge in [0, 0.05) is 28.8 Å². The number of hydrogen-bond donors (Lipinski definition) is 2. The van der Waals surface area contributed by atoms with Gasteiger partial charge in [-0.2, -0.15) is 0 Å². The number of piperidine rings is 1. The molecule has 2 fully saturated rings. The number of rotatable bonds is 4. The number of aryl methyl sites for hydroxylation is 1. The maximum absolute atomic E-state index is 12.3. The average Bonchev–Trinajstić information content (AvgIpc) is 2.81. The van der Waals surface area contributed by atoms with E-state index < -0.39 is 0 Å². The second-order valence-corrected chi connectivity index (χ2v) is 7.12. The van der Waals surface area contributed by atoms with E-state index in [0.29, 0.717) is 29.7 Å². The fourth-order valence-electron chi connectivity index (χ4n) is 3.66. The third-order valence-electron chi connectivity index (χ3n) is 4.94. The number of anilines is 1. The molecule has 1 amide bonds. The van der Waals surface area contributed by atoms with E-state index in [4.69, 9.17) is 11.6 Å². The van der Waals surface area contributed by atoms with E-state index in [9.17, 15) is 4.79 Å². The van der Waals surface area contributed by atoms with E-state index >= 15 is 0 Å². The third kappa shape index (κ3) is 3.62. The summed E-state index contributed by atoms with van der Waals surface area (Å²) in [6.45, 7) is 2.40. The van der Waals surface area contributed by atoms with Crippen molar-refractivity contribution in [2.24, 2.45) is 0 Å². The van der Waals surface area contributed by atoms with Gasteiger partial charge >= 0.3 is 0 Å². The number of nitrogens with one attached hydrogen (secondary N) is 2. The highest BCUT2D eigenvalue weighted by molar-refractivity contribution is 6.31. The lowest BCUT2D eigenvalue weighted by molar-refractivity contribution is -0.117. The molecule has 0 spiro atoms. The molecule has 4 nitrogen and oxygen atoms in total. The predicted molar refractivity (Wildman–Crippen MR) is 90.4 cm³/mol. The van der Waals surface area contributed by atoms with Crippen molar-refractivity contribution in [1.82, 2.24) is 10.2 Å². The highest BCUT2D eigenvalue weighted by atomic mass is 35.5. The molecule has 0 aliphatic carbocycles. The van der Waals surface area contributed by atoms with Gasteiger partial charge in [0.15, 0.2) is 0 Å². The molecule has 2 N–H and O–H groups in total. The minimum atomic E-state index is 0.0266. The van der Waals surface area contributed by atoms with E-state index in [1.54, 1.807) is 6.07 Å². The average molecular weight is 322 g/mol. The van der Waals surface area contributed by atoms with Crippen LogP contribution in [0.4, 0.5) is 5.69 Å². The quantitative estimate of drug-likeness (QED) is 0.896. The minimum Gasteiger partial charge on any atom is -0.325 e. The molecule has 1 aromatic carbocycles. The lowest BCUT2D eigenvalue weighted by Crippen LogP contribution is -2.48. The standard InChI is InChI=1S/C17H24ClN3O/c1-11-3-4-12(18)7-16(11)20-17(22)10-21(2)15-8-13-5-6-14(9-15)19-13/h3-4,7,13-15,19H,5-6,8-10H2,1-2H3,(H,20,22). The monoisotopic (exact) mass is 321 g/mol. The number of benzene rings is 1. The molecular weight excluding hydrogens is 298 g/mol.